The average molecular weight is 183 g/mol. The Kier molecular flexibility index (Phi) is 7.77. The van der Waals surface area contributed by atoms with E-state index in [2.05, 4.69) is 31.0 Å². The van der Waals surface area contributed by atoms with Crippen LogP contribution in [0.3, 0.4) is 0 Å². The Labute approximate surface area is 82.1 Å². The monoisotopic (exact) mass is 183 g/mol. The molecule has 0 aromatic carbocycles. The molecule has 13 heavy (non-hydrogen) atoms. The Morgan fingerprint density at radius 1 is 1.38 bits per heavy atom. The van der Waals surface area contributed by atoms with Crippen molar-refractivity contribution in [3.63, 3.8) is 0 Å². The molecule has 0 aliphatic rings. The van der Waals surface area contributed by atoms with E-state index in [1.807, 2.05) is 6.92 Å². The van der Waals surface area contributed by atoms with E-state index in [1.54, 1.807) is 7.11 Å². The maximum absolute atomic E-state index is 4.96. The standard InChI is InChI=1S/C11H21NO/c1-5-6-7-10(2)11(3)12-8-9-13-4/h10-12H,7-9H2,1-4H3. The minimum Gasteiger partial charge on any atom is -0.383 e. The van der Waals surface area contributed by atoms with Crippen LogP contribution in [0.2, 0.25) is 0 Å². The van der Waals surface area contributed by atoms with E-state index in [-0.39, 0.29) is 0 Å². The van der Waals surface area contributed by atoms with Gasteiger partial charge in [-0.15, -0.1) is 11.8 Å². The van der Waals surface area contributed by atoms with Crippen molar-refractivity contribution >= 4 is 0 Å². The van der Waals surface area contributed by atoms with Crippen molar-refractivity contribution in [3.8, 4) is 11.8 Å². The van der Waals surface area contributed by atoms with Gasteiger partial charge in [-0.25, -0.2) is 0 Å². The maximum Gasteiger partial charge on any atom is 0.0587 e. The van der Waals surface area contributed by atoms with Crippen LogP contribution in [0.15, 0.2) is 0 Å². The van der Waals surface area contributed by atoms with E-state index >= 15 is 0 Å². The quantitative estimate of drug-likeness (QED) is 0.499. The molecule has 0 aromatic heterocycles. The molecule has 0 rings (SSSR count). The first kappa shape index (κ1) is 12.5. The van der Waals surface area contributed by atoms with E-state index in [0.717, 1.165) is 19.6 Å². The summed E-state index contributed by atoms with van der Waals surface area (Å²) in [5, 5.41) is 3.40. The fourth-order valence-corrected chi connectivity index (χ4v) is 1.03. The first-order valence-corrected chi connectivity index (χ1v) is 4.84. The van der Waals surface area contributed by atoms with Gasteiger partial charge < -0.3 is 10.1 Å². The fraction of sp³-hybridized carbons (Fsp3) is 0.818. The molecule has 0 radical (unpaired) electrons. The highest BCUT2D eigenvalue weighted by molar-refractivity contribution is 4.97. The molecule has 0 aliphatic carbocycles. The topological polar surface area (TPSA) is 21.3 Å². The summed E-state index contributed by atoms with van der Waals surface area (Å²) in [6, 6.07) is 0.510. The molecule has 0 heterocycles. The third-order valence-corrected chi connectivity index (χ3v) is 2.23. The van der Waals surface area contributed by atoms with Crippen molar-refractivity contribution in [2.45, 2.75) is 33.2 Å². The lowest BCUT2D eigenvalue weighted by molar-refractivity contribution is 0.193. The summed E-state index contributed by atoms with van der Waals surface area (Å²) >= 11 is 0. The molecule has 2 atom stereocenters. The lowest BCUT2D eigenvalue weighted by atomic mass is 10.0. The first-order chi connectivity index (χ1) is 6.22. The van der Waals surface area contributed by atoms with Crippen molar-refractivity contribution < 1.29 is 4.74 Å². The van der Waals surface area contributed by atoms with Gasteiger partial charge in [-0.05, 0) is 19.8 Å². The van der Waals surface area contributed by atoms with Gasteiger partial charge in [0.05, 0.1) is 6.61 Å². The molecule has 0 fully saturated rings. The normalized spacial score (nSPS) is 14.5. The van der Waals surface area contributed by atoms with Crippen LogP contribution in [0.4, 0.5) is 0 Å². The molecule has 1 N–H and O–H groups in total. The van der Waals surface area contributed by atoms with Crippen molar-refractivity contribution in [3.05, 3.63) is 0 Å². The highest BCUT2D eigenvalue weighted by Crippen LogP contribution is 2.06. The Bertz CT molecular complexity index is 169. The lowest BCUT2D eigenvalue weighted by Gasteiger charge is -2.19. The molecule has 0 saturated heterocycles. The second-order valence-corrected chi connectivity index (χ2v) is 3.34. The minimum absolute atomic E-state index is 0.510. The van der Waals surface area contributed by atoms with Gasteiger partial charge in [-0.1, -0.05) is 6.92 Å². The van der Waals surface area contributed by atoms with Gasteiger partial charge in [0.15, 0.2) is 0 Å². The van der Waals surface area contributed by atoms with Gasteiger partial charge in [0, 0.05) is 26.1 Å². The molecule has 0 aliphatic heterocycles. The Morgan fingerprint density at radius 3 is 2.62 bits per heavy atom. The van der Waals surface area contributed by atoms with Crippen LogP contribution in [-0.4, -0.2) is 26.3 Å². The van der Waals surface area contributed by atoms with Crippen LogP contribution in [0.25, 0.3) is 0 Å². The molecule has 0 saturated carbocycles. The van der Waals surface area contributed by atoms with Crippen molar-refractivity contribution in [2.75, 3.05) is 20.3 Å². The van der Waals surface area contributed by atoms with Crippen molar-refractivity contribution in [2.24, 2.45) is 5.92 Å². The van der Waals surface area contributed by atoms with Gasteiger partial charge in [-0.2, -0.15) is 0 Å². The summed E-state index contributed by atoms with van der Waals surface area (Å²) in [4.78, 5) is 0. The first-order valence-electron chi connectivity index (χ1n) is 4.84. The molecular formula is C11H21NO. The zero-order chi connectivity index (χ0) is 10.1. The summed E-state index contributed by atoms with van der Waals surface area (Å²) in [6.07, 6.45) is 0.970. The van der Waals surface area contributed by atoms with E-state index in [9.17, 15) is 0 Å². The van der Waals surface area contributed by atoms with Gasteiger partial charge in [0.1, 0.15) is 0 Å². The van der Waals surface area contributed by atoms with Gasteiger partial charge in [0.2, 0.25) is 0 Å². The number of nitrogens with one attached hydrogen (secondary N) is 1. The van der Waals surface area contributed by atoms with Crippen molar-refractivity contribution in [1.82, 2.24) is 5.32 Å². The van der Waals surface area contributed by atoms with Gasteiger partial charge in [-0.3, -0.25) is 0 Å². The predicted molar refractivity (Wildman–Crippen MR) is 56.6 cm³/mol. The zero-order valence-corrected chi connectivity index (χ0v) is 9.18. The molecule has 2 heteroatoms. The summed E-state index contributed by atoms with van der Waals surface area (Å²) < 4.78 is 4.96. The Morgan fingerprint density at radius 2 is 2.08 bits per heavy atom. The highest BCUT2D eigenvalue weighted by atomic mass is 16.5. The van der Waals surface area contributed by atoms with Crippen LogP contribution >= 0.6 is 0 Å². The SMILES string of the molecule is CC#CCC(C)C(C)NCCOC. The number of hydrogen-bond acceptors (Lipinski definition) is 2. The molecule has 0 bridgehead atoms. The number of rotatable bonds is 6. The molecule has 0 amide bonds. The smallest absolute Gasteiger partial charge is 0.0587 e. The molecule has 2 nitrogen and oxygen atoms in total. The molecular weight excluding hydrogens is 162 g/mol. The third-order valence-electron chi connectivity index (χ3n) is 2.23. The predicted octanol–water partition coefficient (Wildman–Crippen LogP) is 1.66. The van der Waals surface area contributed by atoms with Crippen molar-refractivity contribution in [1.29, 1.82) is 0 Å². The van der Waals surface area contributed by atoms with Crippen LogP contribution < -0.4 is 5.32 Å². The van der Waals surface area contributed by atoms with Crippen LogP contribution in [0.1, 0.15) is 27.2 Å². The molecule has 0 aromatic rings. The highest BCUT2D eigenvalue weighted by Gasteiger charge is 2.09. The third kappa shape index (κ3) is 6.62. The largest absolute Gasteiger partial charge is 0.383 e. The Hall–Kier alpha value is -0.520. The van der Waals surface area contributed by atoms with Crippen LogP contribution in [-0.2, 0) is 4.74 Å². The van der Waals surface area contributed by atoms with Gasteiger partial charge >= 0.3 is 0 Å². The molecule has 76 valence electrons. The zero-order valence-electron chi connectivity index (χ0n) is 9.18. The number of methoxy groups -OCH3 is 1. The summed E-state index contributed by atoms with van der Waals surface area (Å²) in [5.74, 6) is 6.62. The molecule has 2 unspecified atom stereocenters. The van der Waals surface area contributed by atoms with Gasteiger partial charge in [0.25, 0.3) is 0 Å². The Balaban J connectivity index is 3.54. The average Bonchev–Trinajstić information content (AvgIpc) is 2.14. The summed E-state index contributed by atoms with van der Waals surface area (Å²) in [5.41, 5.74) is 0. The van der Waals surface area contributed by atoms with Crippen LogP contribution in [0.5, 0.6) is 0 Å². The van der Waals surface area contributed by atoms with E-state index in [0.29, 0.717) is 12.0 Å². The van der Waals surface area contributed by atoms with Crippen LogP contribution in [0, 0.1) is 17.8 Å². The second-order valence-electron chi connectivity index (χ2n) is 3.34. The number of hydrogen-bond donors (Lipinski definition) is 1. The molecule has 0 spiro atoms. The maximum atomic E-state index is 4.96. The van der Waals surface area contributed by atoms with E-state index in [1.165, 1.54) is 0 Å². The van der Waals surface area contributed by atoms with E-state index in [4.69, 9.17) is 4.74 Å². The minimum atomic E-state index is 0.510. The lowest BCUT2D eigenvalue weighted by Crippen LogP contribution is -2.34. The second kappa shape index (κ2) is 8.10. The summed E-state index contributed by atoms with van der Waals surface area (Å²) in [6.45, 7) is 7.99. The van der Waals surface area contributed by atoms with E-state index < -0.39 is 0 Å². The number of ether oxygens (including phenoxy) is 1. The summed E-state index contributed by atoms with van der Waals surface area (Å²) in [7, 11) is 1.72. The fourth-order valence-electron chi connectivity index (χ4n) is 1.03.